The number of rotatable bonds is 3. The fraction of sp³-hybridized carbons (Fsp3) is 0.526. The largest absolute Gasteiger partial charge is 0.444 e. The molecular weight excluding hydrogens is 334 g/mol. The lowest BCUT2D eigenvalue weighted by atomic mass is 9.91. The molecule has 1 saturated heterocycles. The number of para-hydroxylation sites is 2. The molecule has 7 nitrogen and oxygen atoms in total. The number of ketones is 1. The highest BCUT2D eigenvalue weighted by Gasteiger charge is 2.36. The number of amides is 1. The summed E-state index contributed by atoms with van der Waals surface area (Å²) in [6.45, 7) is 6.15. The molecule has 2 aromatic rings. The summed E-state index contributed by atoms with van der Waals surface area (Å²) >= 11 is 0. The predicted octanol–water partition coefficient (Wildman–Crippen LogP) is 2.22. The highest BCUT2D eigenvalue weighted by molar-refractivity contribution is 5.84. The summed E-state index contributed by atoms with van der Waals surface area (Å²) in [4.78, 5) is 30.4. The third kappa shape index (κ3) is 4.04. The van der Waals surface area contributed by atoms with Crippen molar-refractivity contribution in [2.75, 3.05) is 13.1 Å². The summed E-state index contributed by atoms with van der Waals surface area (Å²) in [6, 6.07) is 7.63. The van der Waals surface area contributed by atoms with E-state index in [1.165, 1.54) is 4.90 Å². The molecule has 0 unspecified atom stereocenters. The van der Waals surface area contributed by atoms with Gasteiger partial charge >= 0.3 is 6.09 Å². The first-order valence-corrected chi connectivity index (χ1v) is 8.83. The zero-order valence-corrected chi connectivity index (χ0v) is 15.4. The number of carbonyl (C=O) groups is 2. The molecule has 1 aliphatic rings. The van der Waals surface area contributed by atoms with E-state index in [1.807, 2.05) is 28.8 Å². The second-order valence-electron chi connectivity index (χ2n) is 7.70. The van der Waals surface area contributed by atoms with Crippen LogP contribution in [0.3, 0.4) is 0 Å². The third-order valence-corrected chi connectivity index (χ3v) is 4.49. The van der Waals surface area contributed by atoms with E-state index in [2.05, 4.69) is 4.98 Å². The van der Waals surface area contributed by atoms with Crippen LogP contribution in [0.2, 0.25) is 0 Å². The Bertz CT molecular complexity index is 808. The topological polar surface area (TPSA) is 84.7 Å². The standard InChI is InChI=1S/C19H25N3O4/c1-19(2,3)26-18(25)21-9-8-16(23)13(10-21)17(24)11-22-12-20-14-6-4-5-7-15(14)22/h4-7,12-13,17,24H,8-11H2,1-3H3/t13-,17+/m1/s1. The molecule has 0 aliphatic carbocycles. The van der Waals surface area contributed by atoms with Gasteiger partial charge in [-0.15, -0.1) is 0 Å². The first-order valence-electron chi connectivity index (χ1n) is 8.83. The number of fused-ring (bicyclic) bond motifs is 1. The number of likely N-dealkylation sites (tertiary alicyclic amines) is 1. The number of nitrogens with zero attached hydrogens (tertiary/aromatic N) is 3. The Kier molecular flexibility index (Phi) is 5.00. The molecule has 140 valence electrons. The minimum atomic E-state index is -0.898. The van der Waals surface area contributed by atoms with Gasteiger partial charge in [0.2, 0.25) is 0 Å². The lowest BCUT2D eigenvalue weighted by Crippen LogP contribution is -2.50. The van der Waals surface area contributed by atoms with Crippen molar-refractivity contribution in [3.8, 4) is 0 Å². The van der Waals surface area contributed by atoms with E-state index in [-0.39, 0.29) is 25.3 Å². The summed E-state index contributed by atoms with van der Waals surface area (Å²) in [6.07, 6.45) is 0.541. The van der Waals surface area contributed by atoms with E-state index in [0.717, 1.165) is 11.0 Å². The van der Waals surface area contributed by atoms with Crippen LogP contribution < -0.4 is 0 Å². The van der Waals surface area contributed by atoms with E-state index in [9.17, 15) is 14.7 Å². The number of hydrogen-bond donors (Lipinski definition) is 1. The van der Waals surface area contributed by atoms with Gasteiger partial charge < -0.3 is 19.3 Å². The van der Waals surface area contributed by atoms with E-state index in [4.69, 9.17) is 4.74 Å². The van der Waals surface area contributed by atoms with Gasteiger partial charge in [0, 0.05) is 19.5 Å². The molecule has 2 heterocycles. The SMILES string of the molecule is CC(C)(C)OC(=O)N1CCC(=O)[C@H]([C@@H](O)Cn2cnc3ccccc32)C1. The first kappa shape index (κ1) is 18.4. The fourth-order valence-corrected chi connectivity index (χ4v) is 3.17. The number of aliphatic hydroxyl groups is 1. The second-order valence-corrected chi connectivity index (χ2v) is 7.70. The van der Waals surface area contributed by atoms with Gasteiger partial charge in [-0.25, -0.2) is 9.78 Å². The Morgan fingerprint density at radius 3 is 2.85 bits per heavy atom. The van der Waals surface area contributed by atoms with Crippen molar-refractivity contribution < 1.29 is 19.4 Å². The lowest BCUT2D eigenvalue weighted by Gasteiger charge is -2.35. The van der Waals surface area contributed by atoms with Gasteiger partial charge in [-0.3, -0.25) is 4.79 Å². The van der Waals surface area contributed by atoms with E-state index < -0.39 is 23.7 Å². The number of aromatic nitrogens is 2. The molecule has 0 radical (unpaired) electrons. The number of hydrogen-bond acceptors (Lipinski definition) is 5. The molecule has 0 spiro atoms. The predicted molar refractivity (Wildman–Crippen MR) is 96.7 cm³/mol. The summed E-state index contributed by atoms with van der Waals surface area (Å²) < 4.78 is 7.22. The number of Topliss-reactive ketones (excluding diaryl/α,β-unsaturated/α-hetero) is 1. The van der Waals surface area contributed by atoms with Crippen LogP contribution in [0.1, 0.15) is 27.2 Å². The molecule has 3 rings (SSSR count). The number of ether oxygens (including phenoxy) is 1. The van der Waals surface area contributed by atoms with Crippen LogP contribution in [0, 0.1) is 5.92 Å². The zero-order chi connectivity index (χ0) is 18.9. The summed E-state index contributed by atoms with van der Waals surface area (Å²) in [7, 11) is 0. The van der Waals surface area contributed by atoms with Crippen molar-refractivity contribution in [2.24, 2.45) is 5.92 Å². The normalized spacial score (nSPS) is 19.6. The Balaban J connectivity index is 1.70. The van der Waals surface area contributed by atoms with E-state index in [0.29, 0.717) is 6.54 Å². The van der Waals surface area contributed by atoms with Gasteiger partial charge in [0.1, 0.15) is 11.4 Å². The minimum Gasteiger partial charge on any atom is -0.444 e. The number of imidazole rings is 1. The maximum Gasteiger partial charge on any atom is 0.410 e. The van der Waals surface area contributed by atoms with Gasteiger partial charge in [-0.1, -0.05) is 12.1 Å². The quantitative estimate of drug-likeness (QED) is 0.908. The van der Waals surface area contributed by atoms with Crippen LogP contribution in [0.25, 0.3) is 11.0 Å². The van der Waals surface area contributed by atoms with E-state index in [1.54, 1.807) is 27.1 Å². The van der Waals surface area contributed by atoms with Crippen molar-refractivity contribution in [3.05, 3.63) is 30.6 Å². The Hall–Kier alpha value is -2.41. The van der Waals surface area contributed by atoms with E-state index >= 15 is 0 Å². The van der Waals surface area contributed by atoms with Crippen molar-refractivity contribution in [1.29, 1.82) is 0 Å². The maximum absolute atomic E-state index is 12.3. The molecule has 1 aliphatic heterocycles. The second kappa shape index (κ2) is 7.07. The third-order valence-electron chi connectivity index (χ3n) is 4.49. The van der Waals surface area contributed by atoms with Crippen molar-refractivity contribution in [1.82, 2.24) is 14.5 Å². The van der Waals surface area contributed by atoms with Crippen LogP contribution in [0.5, 0.6) is 0 Å². The van der Waals surface area contributed by atoms with Gasteiger partial charge in [0.05, 0.1) is 35.9 Å². The Morgan fingerprint density at radius 1 is 1.38 bits per heavy atom. The van der Waals surface area contributed by atoms with Crippen molar-refractivity contribution in [3.63, 3.8) is 0 Å². The molecule has 1 amide bonds. The average molecular weight is 359 g/mol. The molecule has 7 heteroatoms. The van der Waals surface area contributed by atoms with Gasteiger partial charge in [-0.2, -0.15) is 0 Å². The molecule has 0 bridgehead atoms. The molecule has 1 N–H and O–H groups in total. The number of aliphatic hydroxyl groups excluding tert-OH is 1. The molecule has 1 aromatic carbocycles. The highest BCUT2D eigenvalue weighted by Crippen LogP contribution is 2.22. The summed E-state index contributed by atoms with van der Waals surface area (Å²) in [5.41, 5.74) is 1.14. The van der Waals surface area contributed by atoms with Crippen LogP contribution in [-0.2, 0) is 16.1 Å². The zero-order valence-electron chi connectivity index (χ0n) is 15.4. The van der Waals surface area contributed by atoms with Gasteiger partial charge in [-0.05, 0) is 32.9 Å². The number of piperidine rings is 1. The monoisotopic (exact) mass is 359 g/mol. The van der Waals surface area contributed by atoms with Crippen molar-refractivity contribution >= 4 is 22.9 Å². The van der Waals surface area contributed by atoms with Gasteiger partial charge in [0.15, 0.2) is 0 Å². The molecule has 2 atom stereocenters. The number of carbonyl (C=O) groups excluding carboxylic acids is 2. The lowest BCUT2D eigenvalue weighted by molar-refractivity contribution is -0.130. The summed E-state index contributed by atoms with van der Waals surface area (Å²) in [5.74, 6) is -0.654. The first-order chi connectivity index (χ1) is 12.2. The van der Waals surface area contributed by atoms with Crippen LogP contribution in [-0.4, -0.2) is 56.2 Å². The summed E-state index contributed by atoms with van der Waals surface area (Å²) in [5, 5.41) is 10.7. The highest BCUT2D eigenvalue weighted by atomic mass is 16.6. The maximum atomic E-state index is 12.3. The van der Waals surface area contributed by atoms with Gasteiger partial charge in [0.25, 0.3) is 0 Å². The van der Waals surface area contributed by atoms with Crippen LogP contribution in [0.4, 0.5) is 4.79 Å². The Labute approximate surface area is 152 Å². The minimum absolute atomic E-state index is 0.0262. The fourth-order valence-electron chi connectivity index (χ4n) is 3.17. The average Bonchev–Trinajstić information content (AvgIpc) is 2.96. The Morgan fingerprint density at radius 2 is 2.12 bits per heavy atom. The molecule has 0 saturated carbocycles. The van der Waals surface area contributed by atoms with Crippen LogP contribution >= 0.6 is 0 Å². The molecule has 26 heavy (non-hydrogen) atoms. The smallest absolute Gasteiger partial charge is 0.410 e. The molecular formula is C19H25N3O4. The van der Waals surface area contributed by atoms with Crippen molar-refractivity contribution in [2.45, 2.75) is 45.4 Å². The molecule has 1 fully saturated rings. The van der Waals surface area contributed by atoms with Crippen LogP contribution in [0.15, 0.2) is 30.6 Å². The number of benzene rings is 1. The molecule has 1 aromatic heterocycles.